The van der Waals surface area contributed by atoms with Crippen LogP contribution in [0.15, 0.2) is 22.8 Å². The third-order valence-corrected chi connectivity index (χ3v) is 1.90. The molecule has 0 fully saturated rings. The molecule has 0 amide bonds. The van der Waals surface area contributed by atoms with Crippen LogP contribution in [-0.2, 0) is 16.0 Å². The second-order valence-corrected chi connectivity index (χ2v) is 3.10. The third-order valence-electron chi connectivity index (χ3n) is 1.90. The zero-order valence-electron chi connectivity index (χ0n) is 8.49. The van der Waals surface area contributed by atoms with E-state index in [0.29, 0.717) is 26.1 Å². The molecule has 3 nitrogen and oxygen atoms in total. The van der Waals surface area contributed by atoms with Crippen LogP contribution in [0.4, 0.5) is 0 Å². The van der Waals surface area contributed by atoms with Crippen molar-refractivity contribution in [2.75, 3.05) is 13.2 Å². The molecule has 78 valence electrons. The van der Waals surface area contributed by atoms with Crippen molar-refractivity contribution in [3.63, 3.8) is 0 Å². The number of hydrogen-bond acceptors (Lipinski definition) is 3. The first kappa shape index (κ1) is 11.0. The Morgan fingerprint density at radius 2 is 2.43 bits per heavy atom. The summed E-state index contributed by atoms with van der Waals surface area (Å²) in [6.07, 6.45) is 3.36. The molecule has 0 radical (unpaired) electrons. The fourth-order valence-electron chi connectivity index (χ4n) is 1.21. The molecule has 0 spiro atoms. The van der Waals surface area contributed by atoms with Crippen molar-refractivity contribution in [1.29, 1.82) is 0 Å². The van der Waals surface area contributed by atoms with Gasteiger partial charge in [-0.25, -0.2) is 0 Å². The van der Waals surface area contributed by atoms with Crippen LogP contribution < -0.4 is 0 Å². The average molecular weight is 196 g/mol. The van der Waals surface area contributed by atoms with Crippen LogP contribution in [0.1, 0.15) is 25.5 Å². The summed E-state index contributed by atoms with van der Waals surface area (Å²) in [5.41, 5.74) is 0. The molecular formula is C11H16O3. The van der Waals surface area contributed by atoms with Crippen LogP contribution in [-0.4, -0.2) is 19.0 Å². The van der Waals surface area contributed by atoms with Crippen LogP contribution in [0.5, 0.6) is 0 Å². The van der Waals surface area contributed by atoms with Crippen molar-refractivity contribution in [3.05, 3.63) is 24.2 Å². The SMILES string of the molecule is CCOCCCC(=O)Cc1ccco1. The zero-order valence-corrected chi connectivity index (χ0v) is 8.49. The van der Waals surface area contributed by atoms with Gasteiger partial charge in [0.05, 0.1) is 12.7 Å². The van der Waals surface area contributed by atoms with Crippen LogP contribution in [0, 0.1) is 0 Å². The molecule has 0 bridgehead atoms. The van der Waals surface area contributed by atoms with E-state index < -0.39 is 0 Å². The number of rotatable bonds is 7. The molecule has 14 heavy (non-hydrogen) atoms. The molecule has 1 rings (SSSR count). The van der Waals surface area contributed by atoms with Gasteiger partial charge in [-0.1, -0.05) is 0 Å². The van der Waals surface area contributed by atoms with Crippen molar-refractivity contribution in [1.82, 2.24) is 0 Å². The lowest BCUT2D eigenvalue weighted by Crippen LogP contribution is -2.04. The number of hydrogen-bond donors (Lipinski definition) is 0. The second-order valence-electron chi connectivity index (χ2n) is 3.10. The Hall–Kier alpha value is -1.09. The molecule has 0 aliphatic rings. The van der Waals surface area contributed by atoms with Gasteiger partial charge >= 0.3 is 0 Å². The smallest absolute Gasteiger partial charge is 0.140 e. The highest BCUT2D eigenvalue weighted by molar-refractivity contribution is 5.80. The van der Waals surface area contributed by atoms with E-state index in [9.17, 15) is 4.79 Å². The van der Waals surface area contributed by atoms with Gasteiger partial charge in [0.25, 0.3) is 0 Å². The highest BCUT2D eigenvalue weighted by atomic mass is 16.5. The normalized spacial score (nSPS) is 10.4. The molecule has 0 unspecified atom stereocenters. The fraction of sp³-hybridized carbons (Fsp3) is 0.545. The van der Waals surface area contributed by atoms with E-state index in [1.807, 2.05) is 13.0 Å². The molecule has 1 heterocycles. The van der Waals surface area contributed by atoms with Crippen molar-refractivity contribution in [3.8, 4) is 0 Å². The molecule has 0 aliphatic heterocycles. The lowest BCUT2D eigenvalue weighted by Gasteiger charge is -1.99. The van der Waals surface area contributed by atoms with E-state index in [-0.39, 0.29) is 5.78 Å². The van der Waals surface area contributed by atoms with E-state index in [4.69, 9.17) is 9.15 Å². The molecule has 0 atom stereocenters. The zero-order chi connectivity index (χ0) is 10.2. The first-order valence-electron chi connectivity index (χ1n) is 4.94. The fourth-order valence-corrected chi connectivity index (χ4v) is 1.21. The topological polar surface area (TPSA) is 39.4 Å². The van der Waals surface area contributed by atoms with Gasteiger partial charge in [-0.15, -0.1) is 0 Å². The summed E-state index contributed by atoms with van der Waals surface area (Å²) in [5.74, 6) is 0.950. The van der Waals surface area contributed by atoms with Crippen LogP contribution in [0.2, 0.25) is 0 Å². The first-order valence-corrected chi connectivity index (χ1v) is 4.94. The van der Waals surface area contributed by atoms with Crippen LogP contribution in [0.25, 0.3) is 0 Å². The summed E-state index contributed by atoms with van der Waals surface area (Å²) in [6, 6.07) is 3.61. The van der Waals surface area contributed by atoms with Gasteiger partial charge in [-0.05, 0) is 25.5 Å². The summed E-state index contributed by atoms with van der Waals surface area (Å²) in [5, 5.41) is 0. The van der Waals surface area contributed by atoms with Crippen molar-refractivity contribution in [2.45, 2.75) is 26.2 Å². The minimum atomic E-state index is 0.208. The van der Waals surface area contributed by atoms with Gasteiger partial charge in [-0.3, -0.25) is 4.79 Å². The Kier molecular flexibility index (Phi) is 5.00. The molecule has 0 saturated heterocycles. The molecular weight excluding hydrogens is 180 g/mol. The van der Waals surface area contributed by atoms with Gasteiger partial charge in [0.1, 0.15) is 11.5 Å². The van der Waals surface area contributed by atoms with E-state index in [1.54, 1.807) is 12.3 Å². The minimum Gasteiger partial charge on any atom is -0.469 e. The van der Waals surface area contributed by atoms with Crippen molar-refractivity contribution >= 4 is 5.78 Å². The quantitative estimate of drug-likeness (QED) is 0.628. The van der Waals surface area contributed by atoms with Gasteiger partial charge in [0, 0.05) is 19.6 Å². The number of furan rings is 1. The maximum absolute atomic E-state index is 11.4. The molecule has 0 aliphatic carbocycles. The first-order chi connectivity index (χ1) is 6.83. The summed E-state index contributed by atoms with van der Waals surface area (Å²) < 4.78 is 10.2. The maximum atomic E-state index is 11.4. The summed E-state index contributed by atoms with van der Waals surface area (Å²) >= 11 is 0. The number of Topliss-reactive ketones (excluding diaryl/α,β-unsaturated/α-hetero) is 1. The largest absolute Gasteiger partial charge is 0.469 e. The van der Waals surface area contributed by atoms with Gasteiger partial charge in [-0.2, -0.15) is 0 Å². The molecule has 3 heteroatoms. The van der Waals surface area contributed by atoms with Crippen LogP contribution in [0.3, 0.4) is 0 Å². The highest BCUT2D eigenvalue weighted by Gasteiger charge is 2.05. The standard InChI is InChI=1S/C11H16O3/c1-2-13-7-3-5-10(12)9-11-6-4-8-14-11/h4,6,8H,2-3,5,7,9H2,1H3. The Morgan fingerprint density at radius 3 is 3.07 bits per heavy atom. The second kappa shape index (κ2) is 6.38. The van der Waals surface area contributed by atoms with Gasteiger partial charge in [0.2, 0.25) is 0 Å². The summed E-state index contributed by atoms with van der Waals surface area (Å²) in [7, 11) is 0. The maximum Gasteiger partial charge on any atom is 0.140 e. The van der Waals surface area contributed by atoms with Crippen molar-refractivity contribution in [2.24, 2.45) is 0 Å². The number of carbonyl (C=O) groups is 1. The summed E-state index contributed by atoms with van der Waals surface area (Å²) in [4.78, 5) is 11.4. The van der Waals surface area contributed by atoms with Gasteiger partial charge < -0.3 is 9.15 Å². The molecule has 1 aromatic heterocycles. The molecule has 0 aromatic carbocycles. The average Bonchev–Trinajstić information content (AvgIpc) is 2.65. The van der Waals surface area contributed by atoms with Crippen molar-refractivity contribution < 1.29 is 13.9 Å². The monoisotopic (exact) mass is 196 g/mol. The summed E-state index contributed by atoms with van der Waals surface area (Å²) in [6.45, 7) is 3.33. The number of ketones is 1. The Labute approximate surface area is 84.1 Å². The Bertz CT molecular complexity index is 252. The Morgan fingerprint density at radius 1 is 1.57 bits per heavy atom. The molecule has 0 saturated carbocycles. The molecule has 1 aromatic rings. The van der Waals surface area contributed by atoms with E-state index in [1.165, 1.54) is 0 Å². The van der Waals surface area contributed by atoms with Gasteiger partial charge in [0.15, 0.2) is 0 Å². The number of ether oxygens (including phenoxy) is 1. The highest BCUT2D eigenvalue weighted by Crippen LogP contribution is 2.04. The van der Waals surface area contributed by atoms with Crippen LogP contribution >= 0.6 is 0 Å². The predicted molar refractivity (Wildman–Crippen MR) is 53.1 cm³/mol. The minimum absolute atomic E-state index is 0.208. The van der Waals surface area contributed by atoms with E-state index in [2.05, 4.69) is 0 Å². The number of carbonyl (C=O) groups excluding carboxylic acids is 1. The Balaban J connectivity index is 2.11. The molecule has 0 N–H and O–H groups in total. The third kappa shape index (κ3) is 4.23. The van der Waals surface area contributed by atoms with E-state index >= 15 is 0 Å². The lowest BCUT2D eigenvalue weighted by molar-refractivity contribution is -0.119. The van der Waals surface area contributed by atoms with E-state index in [0.717, 1.165) is 12.2 Å². The lowest BCUT2D eigenvalue weighted by atomic mass is 10.1. The predicted octanol–water partition coefficient (Wildman–Crippen LogP) is 2.21.